The van der Waals surface area contributed by atoms with Gasteiger partial charge in [0.15, 0.2) is 6.10 Å². The summed E-state index contributed by atoms with van der Waals surface area (Å²) in [5, 5.41) is 9.72. The van der Waals surface area contributed by atoms with Crippen LogP contribution in [0.1, 0.15) is 335 Å². The number of hydrogen-bond acceptors (Lipinski definition) is 5. The molecule has 0 aromatic carbocycles. The third-order valence-corrected chi connectivity index (χ3v) is 15.8. The fourth-order valence-corrected chi connectivity index (χ4v) is 10.4. The van der Waals surface area contributed by atoms with Gasteiger partial charge in [0.1, 0.15) is 6.61 Å². The quantitative estimate of drug-likeness (QED) is 0.0373. The van der Waals surface area contributed by atoms with Crippen molar-refractivity contribution >= 4 is 11.9 Å². The maximum absolute atomic E-state index is 12.4. The fraction of sp³-hybridized carbons (Fsp3) is 0.663. The molecule has 0 aromatic heterocycles. The molecule has 1 N–H and O–H groups in total. The summed E-state index contributed by atoms with van der Waals surface area (Å²) in [7, 11) is 0. The number of esters is 2. The van der Waals surface area contributed by atoms with Crippen molar-refractivity contribution in [2.24, 2.45) is 0 Å². The Kier molecular flexibility index (Phi) is 72.9. The van der Waals surface area contributed by atoms with E-state index in [0.29, 0.717) is 12.8 Å². The number of allylic oxidation sites excluding steroid dienone is 26. The Bertz CT molecular complexity index is 1860. The molecular weight excluding hydrogens is 1080 g/mol. The van der Waals surface area contributed by atoms with Crippen LogP contribution in [0, 0.1) is 0 Å². The van der Waals surface area contributed by atoms with Gasteiger partial charge in [-0.1, -0.05) is 358 Å². The van der Waals surface area contributed by atoms with Gasteiger partial charge in [0, 0.05) is 12.8 Å². The SMILES string of the molecule is CC/C=C\C/C=C\C/C=C\C/C=C\C/C=C\C/C=C\C/C=C\C/C=C\C/C=C\CCCCCCCCCCCCCCCC(=O)OC(CO)COC(=O)CCCCCCCCCCCCCCCCCCCCCC/C=C\C/C=C\C/C=C\C/C=C\CC. The Morgan fingerprint density at radius 2 is 0.455 bits per heavy atom. The zero-order valence-corrected chi connectivity index (χ0v) is 57.4. The van der Waals surface area contributed by atoms with Gasteiger partial charge in [0.2, 0.25) is 0 Å². The van der Waals surface area contributed by atoms with E-state index in [4.69, 9.17) is 9.47 Å². The summed E-state index contributed by atoms with van der Waals surface area (Å²) in [4.78, 5) is 24.7. The first-order valence-corrected chi connectivity index (χ1v) is 37.0. The minimum absolute atomic E-state index is 0.0697. The maximum Gasteiger partial charge on any atom is 0.306 e. The summed E-state index contributed by atoms with van der Waals surface area (Å²) < 4.78 is 10.8. The molecule has 500 valence electrons. The van der Waals surface area contributed by atoms with E-state index in [2.05, 4.69) is 172 Å². The number of carbonyl (C=O) groups excluding carboxylic acids is 2. The monoisotopic (exact) mass is 1220 g/mol. The molecule has 0 fully saturated rings. The van der Waals surface area contributed by atoms with Crippen molar-refractivity contribution < 1.29 is 24.2 Å². The molecule has 0 saturated carbocycles. The van der Waals surface area contributed by atoms with Crippen LogP contribution in [-0.2, 0) is 19.1 Å². The van der Waals surface area contributed by atoms with E-state index in [1.807, 2.05) is 0 Å². The van der Waals surface area contributed by atoms with Crippen molar-refractivity contribution in [3.05, 3.63) is 158 Å². The Balaban J connectivity index is 3.49. The minimum atomic E-state index is -0.782. The summed E-state index contributed by atoms with van der Waals surface area (Å²) in [6.07, 6.45) is 117. The van der Waals surface area contributed by atoms with Gasteiger partial charge < -0.3 is 14.6 Å². The smallest absolute Gasteiger partial charge is 0.306 e. The number of ether oxygens (including phenoxy) is 2. The van der Waals surface area contributed by atoms with Crippen molar-refractivity contribution in [2.45, 2.75) is 341 Å². The number of rotatable bonds is 67. The van der Waals surface area contributed by atoms with Crippen molar-refractivity contribution in [1.29, 1.82) is 0 Å². The Morgan fingerprint density at radius 1 is 0.261 bits per heavy atom. The van der Waals surface area contributed by atoms with E-state index in [9.17, 15) is 14.7 Å². The number of aliphatic hydroxyl groups is 1. The van der Waals surface area contributed by atoms with Gasteiger partial charge in [-0.2, -0.15) is 0 Å². The lowest BCUT2D eigenvalue weighted by Gasteiger charge is -2.15. The normalized spacial score (nSPS) is 13.2. The van der Waals surface area contributed by atoms with Gasteiger partial charge in [-0.3, -0.25) is 9.59 Å². The van der Waals surface area contributed by atoms with Crippen molar-refractivity contribution in [3.8, 4) is 0 Å². The highest BCUT2D eigenvalue weighted by atomic mass is 16.6. The van der Waals surface area contributed by atoms with Crippen LogP contribution in [0.25, 0.3) is 0 Å². The molecule has 88 heavy (non-hydrogen) atoms. The fourth-order valence-electron chi connectivity index (χ4n) is 10.4. The molecule has 1 unspecified atom stereocenters. The molecular formula is C83H138O5. The molecule has 0 spiro atoms. The second-order valence-corrected chi connectivity index (χ2v) is 24.3. The topological polar surface area (TPSA) is 72.8 Å². The van der Waals surface area contributed by atoms with Crippen LogP contribution in [-0.4, -0.2) is 36.4 Å². The van der Waals surface area contributed by atoms with Crippen molar-refractivity contribution in [2.75, 3.05) is 13.2 Å². The summed E-state index contributed by atoms with van der Waals surface area (Å²) in [5.41, 5.74) is 0. The standard InChI is InChI=1S/C83H138O5/c1-3-5-7-9-11-13-15-17-19-21-23-25-27-29-31-33-35-37-38-39-40-41-42-43-44-46-48-50-52-54-56-58-60-62-64-66-68-70-72-74-76-78-83(86)88-81(79-84)80-87-82(85)77-75-73-71-69-67-65-63-61-59-57-55-53-51-49-47-45-36-34-32-30-28-26-24-22-20-18-16-14-12-10-8-6-4-2/h5-8,11-14,17-20,23-26,29,31,35,37,39-40,42-43,46,48,81,84H,3-4,9-10,15-16,21-22,27-28,30,32-34,36,38,41,44-45,47,49-80H2,1-2H3/b7-5-,8-6-,13-11-,14-12-,19-17-,20-18-,25-23-,26-24-,31-29-,37-35-,40-39-,43-42-,48-46-. The Morgan fingerprint density at radius 3 is 0.682 bits per heavy atom. The van der Waals surface area contributed by atoms with Gasteiger partial charge in [0.25, 0.3) is 0 Å². The van der Waals surface area contributed by atoms with Crippen LogP contribution in [0.4, 0.5) is 0 Å². The highest BCUT2D eigenvalue weighted by molar-refractivity contribution is 5.70. The van der Waals surface area contributed by atoms with Crippen LogP contribution in [0.5, 0.6) is 0 Å². The molecule has 5 nitrogen and oxygen atoms in total. The largest absolute Gasteiger partial charge is 0.462 e. The molecule has 0 aromatic rings. The second-order valence-electron chi connectivity index (χ2n) is 24.3. The van der Waals surface area contributed by atoms with Crippen molar-refractivity contribution in [3.63, 3.8) is 0 Å². The molecule has 5 heteroatoms. The molecule has 0 rings (SSSR count). The van der Waals surface area contributed by atoms with Gasteiger partial charge in [-0.05, 0) is 122 Å². The molecule has 0 amide bonds. The lowest BCUT2D eigenvalue weighted by atomic mass is 10.0. The number of aliphatic hydroxyl groups excluding tert-OH is 1. The molecule has 0 aliphatic heterocycles. The van der Waals surface area contributed by atoms with Crippen LogP contribution in [0.3, 0.4) is 0 Å². The molecule has 0 aliphatic rings. The maximum atomic E-state index is 12.4. The average Bonchev–Trinajstić information content (AvgIpc) is 3.56. The lowest BCUT2D eigenvalue weighted by Crippen LogP contribution is -2.28. The molecule has 1 atom stereocenters. The van der Waals surface area contributed by atoms with Gasteiger partial charge in [0.05, 0.1) is 6.61 Å². The minimum Gasteiger partial charge on any atom is -0.462 e. The number of carbonyl (C=O) groups is 2. The highest BCUT2D eigenvalue weighted by Crippen LogP contribution is 2.18. The zero-order chi connectivity index (χ0) is 63.3. The first-order chi connectivity index (χ1) is 43.6. The Hall–Kier alpha value is -4.48. The summed E-state index contributed by atoms with van der Waals surface area (Å²) >= 11 is 0. The Labute approximate surface area is 545 Å². The predicted octanol–water partition coefficient (Wildman–Crippen LogP) is 26.2. The summed E-state index contributed by atoms with van der Waals surface area (Å²) in [6, 6.07) is 0. The van der Waals surface area contributed by atoms with E-state index in [1.165, 1.54) is 186 Å². The number of unbranched alkanes of at least 4 members (excludes halogenated alkanes) is 33. The second kappa shape index (κ2) is 76.8. The molecule has 0 heterocycles. The zero-order valence-electron chi connectivity index (χ0n) is 57.4. The summed E-state index contributed by atoms with van der Waals surface area (Å²) in [6.45, 7) is 3.94. The van der Waals surface area contributed by atoms with Crippen LogP contribution >= 0.6 is 0 Å². The van der Waals surface area contributed by atoms with Gasteiger partial charge in [-0.15, -0.1) is 0 Å². The average molecular weight is 1220 g/mol. The third kappa shape index (κ3) is 74.0. The molecule has 0 saturated heterocycles. The highest BCUT2D eigenvalue weighted by Gasteiger charge is 2.16. The molecule has 0 radical (unpaired) electrons. The van der Waals surface area contributed by atoms with Gasteiger partial charge in [-0.25, -0.2) is 0 Å². The van der Waals surface area contributed by atoms with Crippen LogP contribution in [0.15, 0.2) is 158 Å². The number of hydrogen-bond donors (Lipinski definition) is 1. The lowest BCUT2D eigenvalue weighted by molar-refractivity contribution is -0.161. The first-order valence-electron chi connectivity index (χ1n) is 37.0. The van der Waals surface area contributed by atoms with Gasteiger partial charge >= 0.3 is 11.9 Å². The molecule has 0 bridgehead atoms. The van der Waals surface area contributed by atoms with E-state index >= 15 is 0 Å². The van der Waals surface area contributed by atoms with Crippen LogP contribution in [0.2, 0.25) is 0 Å². The van der Waals surface area contributed by atoms with Crippen LogP contribution < -0.4 is 0 Å². The van der Waals surface area contributed by atoms with E-state index in [0.717, 1.165) is 122 Å². The summed E-state index contributed by atoms with van der Waals surface area (Å²) in [5.74, 6) is -0.585. The first kappa shape index (κ1) is 83.5. The van der Waals surface area contributed by atoms with Crippen molar-refractivity contribution in [1.82, 2.24) is 0 Å². The van der Waals surface area contributed by atoms with E-state index in [-0.39, 0.29) is 25.2 Å². The predicted molar refractivity (Wildman–Crippen MR) is 389 cm³/mol. The van der Waals surface area contributed by atoms with E-state index in [1.54, 1.807) is 0 Å². The van der Waals surface area contributed by atoms with E-state index < -0.39 is 6.10 Å². The third-order valence-electron chi connectivity index (χ3n) is 15.8. The molecule has 0 aliphatic carbocycles.